The molecule has 0 spiro atoms. The Labute approximate surface area is 218 Å². The Hall–Kier alpha value is -3.72. The molecule has 0 aliphatic carbocycles. The fraction of sp³-hybridized carbons (Fsp3) is 0.259. The summed E-state index contributed by atoms with van der Waals surface area (Å²) in [4.78, 5) is 13.6. The SMILES string of the molecule is Nc1nnc(-c2ccccc2OCc2ccccc2)cc1N1CC2CCC(C1)N2c1ccnc(Br)n1. The molecule has 2 unspecified atom stereocenters. The Bertz CT molecular complexity index is 1360. The second-order valence-electron chi connectivity index (χ2n) is 9.15. The van der Waals surface area contributed by atoms with Crippen molar-refractivity contribution in [2.45, 2.75) is 31.5 Å². The van der Waals surface area contributed by atoms with Crippen LogP contribution in [-0.4, -0.2) is 45.3 Å². The number of nitrogens with zero attached hydrogens (tertiary/aromatic N) is 6. The van der Waals surface area contributed by atoms with Crippen LogP contribution in [0.25, 0.3) is 11.3 Å². The second-order valence-corrected chi connectivity index (χ2v) is 9.86. The number of halogens is 1. The van der Waals surface area contributed by atoms with E-state index >= 15 is 0 Å². The van der Waals surface area contributed by atoms with Gasteiger partial charge in [-0.05, 0) is 58.6 Å². The minimum absolute atomic E-state index is 0.350. The summed E-state index contributed by atoms with van der Waals surface area (Å²) in [5.41, 5.74) is 10.0. The normalized spacial score (nSPS) is 18.9. The van der Waals surface area contributed by atoms with E-state index in [4.69, 9.17) is 10.5 Å². The number of hydrogen-bond acceptors (Lipinski definition) is 8. The Kier molecular flexibility index (Phi) is 6.14. The zero-order chi connectivity index (χ0) is 24.5. The van der Waals surface area contributed by atoms with Crippen LogP contribution in [0.15, 0.2) is 77.7 Å². The largest absolute Gasteiger partial charge is 0.488 e. The Morgan fingerprint density at radius 2 is 1.69 bits per heavy atom. The predicted molar refractivity (Wildman–Crippen MR) is 144 cm³/mol. The average molecular weight is 544 g/mol. The van der Waals surface area contributed by atoms with Crippen LogP contribution < -0.4 is 20.3 Å². The van der Waals surface area contributed by atoms with Crippen molar-refractivity contribution in [1.29, 1.82) is 0 Å². The van der Waals surface area contributed by atoms with E-state index < -0.39 is 0 Å². The van der Waals surface area contributed by atoms with Crippen molar-refractivity contribution in [3.8, 4) is 17.0 Å². The molecule has 2 N–H and O–H groups in total. The standard InChI is InChI=1S/C27H26BrN7O/c28-27-30-13-12-25(31-27)35-19-10-11-20(35)16-34(15-19)23-14-22(32-33-26(23)29)21-8-4-5-9-24(21)36-17-18-6-2-1-3-7-18/h1-9,12-14,19-20H,10-11,15-17H2,(H2,29,33). The Balaban J connectivity index is 1.25. The van der Waals surface area contributed by atoms with E-state index in [1.807, 2.05) is 54.6 Å². The van der Waals surface area contributed by atoms with E-state index in [0.717, 1.165) is 60.0 Å². The Morgan fingerprint density at radius 3 is 2.47 bits per heavy atom. The third kappa shape index (κ3) is 4.46. The summed E-state index contributed by atoms with van der Waals surface area (Å²) >= 11 is 3.41. The zero-order valence-electron chi connectivity index (χ0n) is 19.7. The number of fused-ring (bicyclic) bond motifs is 2. The summed E-state index contributed by atoms with van der Waals surface area (Å²) in [7, 11) is 0. The molecule has 0 saturated carbocycles. The smallest absolute Gasteiger partial charge is 0.198 e. The molecule has 8 nitrogen and oxygen atoms in total. The second kappa shape index (κ2) is 9.73. The fourth-order valence-electron chi connectivity index (χ4n) is 5.26. The number of ether oxygens (including phenoxy) is 1. The number of piperazine rings is 1. The molecule has 2 aromatic carbocycles. The van der Waals surface area contributed by atoms with Gasteiger partial charge >= 0.3 is 0 Å². The van der Waals surface area contributed by atoms with Crippen LogP contribution in [-0.2, 0) is 6.61 Å². The van der Waals surface area contributed by atoms with Gasteiger partial charge in [0.05, 0.1) is 11.4 Å². The van der Waals surface area contributed by atoms with Crippen molar-refractivity contribution >= 4 is 33.3 Å². The van der Waals surface area contributed by atoms with Gasteiger partial charge in [0, 0.05) is 36.9 Å². The lowest BCUT2D eigenvalue weighted by Crippen LogP contribution is -2.54. The van der Waals surface area contributed by atoms with E-state index in [9.17, 15) is 0 Å². The molecule has 6 rings (SSSR count). The van der Waals surface area contributed by atoms with Crippen LogP contribution in [0.5, 0.6) is 5.75 Å². The highest BCUT2D eigenvalue weighted by atomic mass is 79.9. The maximum absolute atomic E-state index is 6.36. The summed E-state index contributed by atoms with van der Waals surface area (Å²) in [6.45, 7) is 2.18. The lowest BCUT2D eigenvalue weighted by molar-refractivity contribution is 0.307. The highest BCUT2D eigenvalue weighted by Gasteiger charge is 2.41. The molecule has 2 atom stereocenters. The van der Waals surface area contributed by atoms with E-state index in [1.54, 1.807) is 6.20 Å². The first-order valence-electron chi connectivity index (χ1n) is 12.1. The van der Waals surface area contributed by atoms with Crippen LogP contribution in [0, 0.1) is 0 Å². The number of nitrogen functional groups attached to an aromatic ring is 1. The maximum atomic E-state index is 6.36. The highest BCUT2D eigenvalue weighted by molar-refractivity contribution is 9.10. The van der Waals surface area contributed by atoms with Crippen LogP contribution >= 0.6 is 15.9 Å². The molecule has 2 fully saturated rings. The predicted octanol–water partition coefficient (Wildman–Crippen LogP) is 4.71. The summed E-state index contributed by atoms with van der Waals surface area (Å²) in [5, 5.41) is 8.77. The lowest BCUT2D eigenvalue weighted by Gasteiger charge is -2.42. The molecule has 4 heterocycles. The lowest BCUT2D eigenvalue weighted by atomic mass is 10.1. The molecule has 2 aliphatic rings. The molecular weight excluding hydrogens is 518 g/mol. The van der Waals surface area contributed by atoms with E-state index in [2.05, 4.69) is 58.0 Å². The number of rotatable bonds is 6. The first-order chi connectivity index (χ1) is 17.7. The summed E-state index contributed by atoms with van der Waals surface area (Å²) in [5.74, 6) is 2.18. The van der Waals surface area contributed by atoms with Gasteiger partial charge in [-0.15, -0.1) is 10.2 Å². The van der Waals surface area contributed by atoms with Gasteiger partial charge in [0.25, 0.3) is 0 Å². The van der Waals surface area contributed by atoms with Crippen molar-refractivity contribution in [2.75, 3.05) is 28.6 Å². The molecule has 2 bridgehead atoms. The van der Waals surface area contributed by atoms with Gasteiger partial charge in [0.15, 0.2) is 10.6 Å². The number of hydrogen-bond donors (Lipinski definition) is 1. The maximum Gasteiger partial charge on any atom is 0.198 e. The van der Waals surface area contributed by atoms with E-state index in [1.165, 1.54) is 0 Å². The molecule has 2 saturated heterocycles. The van der Waals surface area contributed by atoms with Crippen LogP contribution in [0.3, 0.4) is 0 Å². The molecule has 182 valence electrons. The van der Waals surface area contributed by atoms with Crippen LogP contribution in [0.1, 0.15) is 18.4 Å². The van der Waals surface area contributed by atoms with Gasteiger partial charge in [-0.25, -0.2) is 9.97 Å². The van der Waals surface area contributed by atoms with E-state index in [-0.39, 0.29) is 0 Å². The highest BCUT2D eigenvalue weighted by Crippen LogP contribution is 2.38. The first-order valence-corrected chi connectivity index (χ1v) is 12.9. The first kappa shape index (κ1) is 22.7. The number of benzene rings is 2. The molecular formula is C27H26BrN7O. The summed E-state index contributed by atoms with van der Waals surface area (Å²) < 4.78 is 6.79. The fourth-order valence-corrected chi connectivity index (χ4v) is 5.56. The van der Waals surface area contributed by atoms with Gasteiger partial charge in [-0.1, -0.05) is 42.5 Å². The van der Waals surface area contributed by atoms with Gasteiger partial charge in [-0.2, -0.15) is 0 Å². The summed E-state index contributed by atoms with van der Waals surface area (Å²) in [6.07, 6.45) is 4.03. The van der Waals surface area contributed by atoms with Crippen molar-refractivity contribution in [3.63, 3.8) is 0 Å². The minimum atomic E-state index is 0.350. The summed E-state index contributed by atoms with van der Waals surface area (Å²) in [6, 6.07) is 22.8. The van der Waals surface area contributed by atoms with Gasteiger partial charge in [0.2, 0.25) is 0 Å². The number of nitrogens with two attached hydrogens (primary N) is 1. The zero-order valence-corrected chi connectivity index (χ0v) is 21.3. The molecule has 36 heavy (non-hydrogen) atoms. The molecule has 4 aromatic rings. The van der Waals surface area contributed by atoms with Crippen molar-refractivity contribution in [1.82, 2.24) is 20.2 Å². The van der Waals surface area contributed by atoms with Crippen molar-refractivity contribution < 1.29 is 4.74 Å². The average Bonchev–Trinajstić information content (AvgIpc) is 3.18. The third-order valence-corrected chi connectivity index (χ3v) is 7.28. The topological polar surface area (TPSA) is 93.3 Å². The van der Waals surface area contributed by atoms with Gasteiger partial charge < -0.3 is 20.3 Å². The quantitative estimate of drug-likeness (QED) is 0.349. The van der Waals surface area contributed by atoms with Crippen LogP contribution in [0.4, 0.5) is 17.3 Å². The number of anilines is 3. The number of aromatic nitrogens is 4. The van der Waals surface area contributed by atoms with E-state index in [0.29, 0.717) is 29.2 Å². The molecule has 2 aromatic heterocycles. The molecule has 2 aliphatic heterocycles. The molecule has 0 amide bonds. The van der Waals surface area contributed by atoms with Gasteiger partial charge in [0.1, 0.15) is 18.2 Å². The minimum Gasteiger partial charge on any atom is -0.488 e. The van der Waals surface area contributed by atoms with Gasteiger partial charge in [-0.3, -0.25) is 0 Å². The van der Waals surface area contributed by atoms with Crippen LogP contribution in [0.2, 0.25) is 0 Å². The van der Waals surface area contributed by atoms with Crippen molar-refractivity contribution in [3.05, 3.63) is 83.2 Å². The monoisotopic (exact) mass is 543 g/mol. The Morgan fingerprint density at radius 1 is 0.944 bits per heavy atom. The molecule has 9 heteroatoms. The number of para-hydroxylation sites is 1. The van der Waals surface area contributed by atoms with Crippen molar-refractivity contribution in [2.24, 2.45) is 0 Å². The molecule has 0 radical (unpaired) electrons. The third-order valence-electron chi connectivity index (χ3n) is 6.90.